The van der Waals surface area contributed by atoms with Gasteiger partial charge in [-0.2, -0.15) is 0 Å². The Kier molecular flexibility index (Phi) is 3.70. The van der Waals surface area contributed by atoms with Crippen molar-refractivity contribution >= 4 is 16.6 Å². The van der Waals surface area contributed by atoms with Crippen LogP contribution in [0.15, 0.2) is 72.0 Å². The summed E-state index contributed by atoms with van der Waals surface area (Å²) in [5, 5.41) is 2.14. The first-order valence-electron chi connectivity index (χ1n) is 9.64. The molecule has 28 heavy (non-hydrogen) atoms. The molecule has 0 spiro atoms. The van der Waals surface area contributed by atoms with E-state index >= 15 is 0 Å². The van der Waals surface area contributed by atoms with Gasteiger partial charge in [-0.1, -0.05) is 62.4 Å². The summed E-state index contributed by atoms with van der Waals surface area (Å²) in [7, 11) is 0. The first-order chi connectivity index (χ1) is 13.4. The topological polar surface area (TPSA) is 26.3 Å². The molecule has 1 unspecified atom stereocenters. The third kappa shape index (κ3) is 2.65. The maximum absolute atomic E-state index is 13.6. The van der Waals surface area contributed by atoms with Crippen molar-refractivity contribution in [3.63, 3.8) is 0 Å². The lowest BCUT2D eigenvalue weighted by molar-refractivity contribution is -0.118. The minimum atomic E-state index is -0.278. The number of Topliss-reactive ketones (excluding diaryl/α,β-unsaturated/α-hetero) is 1. The molecular weight excluding hydrogens is 351 g/mol. The zero-order valence-corrected chi connectivity index (χ0v) is 16.0. The number of ether oxygens (including phenoxy) is 1. The van der Waals surface area contributed by atoms with Crippen LogP contribution in [0.4, 0.5) is 4.39 Å². The predicted molar refractivity (Wildman–Crippen MR) is 108 cm³/mol. The fourth-order valence-electron chi connectivity index (χ4n) is 4.57. The summed E-state index contributed by atoms with van der Waals surface area (Å²) >= 11 is 0. The number of allylic oxidation sites excluding steroid dienone is 2. The van der Waals surface area contributed by atoms with Gasteiger partial charge in [-0.05, 0) is 28.5 Å². The Balaban J connectivity index is 1.79. The highest BCUT2D eigenvalue weighted by Gasteiger charge is 2.42. The van der Waals surface area contributed by atoms with Crippen LogP contribution in [-0.2, 0) is 4.79 Å². The maximum Gasteiger partial charge on any atom is 0.163 e. The van der Waals surface area contributed by atoms with E-state index in [1.807, 2.05) is 18.2 Å². The van der Waals surface area contributed by atoms with E-state index in [4.69, 9.17) is 4.74 Å². The Morgan fingerprint density at radius 3 is 2.50 bits per heavy atom. The number of halogens is 1. The average molecular weight is 372 g/mol. The molecule has 0 N–H and O–H groups in total. The molecule has 0 aromatic heterocycles. The Morgan fingerprint density at radius 2 is 1.71 bits per heavy atom. The maximum atomic E-state index is 13.6. The Morgan fingerprint density at radius 1 is 0.964 bits per heavy atom. The smallest absolute Gasteiger partial charge is 0.163 e. The fourth-order valence-corrected chi connectivity index (χ4v) is 4.57. The highest BCUT2D eigenvalue weighted by molar-refractivity contribution is 6.01. The molecule has 1 aliphatic heterocycles. The van der Waals surface area contributed by atoms with Crippen molar-refractivity contribution < 1.29 is 13.9 Å². The molecule has 2 aliphatic rings. The molecule has 0 radical (unpaired) electrons. The minimum Gasteiger partial charge on any atom is -0.460 e. The lowest BCUT2D eigenvalue weighted by Gasteiger charge is -2.38. The third-order valence-corrected chi connectivity index (χ3v) is 5.82. The molecule has 3 aromatic rings. The summed E-state index contributed by atoms with van der Waals surface area (Å²) in [4.78, 5) is 13.2. The van der Waals surface area contributed by atoms with Gasteiger partial charge < -0.3 is 4.74 Å². The highest BCUT2D eigenvalue weighted by Crippen LogP contribution is 2.51. The second kappa shape index (κ2) is 6.03. The van der Waals surface area contributed by atoms with Crippen LogP contribution in [0.3, 0.4) is 0 Å². The van der Waals surface area contributed by atoms with Crippen molar-refractivity contribution in [3.8, 4) is 5.75 Å². The first-order valence-corrected chi connectivity index (χ1v) is 9.64. The third-order valence-electron chi connectivity index (χ3n) is 5.82. The Labute approximate surface area is 163 Å². The number of fused-ring (bicyclic) bond motifs is 3. The molecule has 1 aliphatic carbocycles. The van der Waals surface area contributed by atoms with E-state index in [2.05, 4.69) is 32.0 Å². The Bertz CT molecular complexity index is 1140. The van der Waals surface area contributed by atoms with Gasteiger partial charge in [-0.25, -0.2) is 4.39 Å². The van der Waals surface area contributed by atoms with Crippen LogP contribution in [0.5, 0.6) is 5.75 Å². The number of rotatable bonds is 1. The van der Waals surface area contributed by atoms with Gasteiger partial charge in [0.25, 0.3) is 0 Å². The number of carbonyl (C=O) groups excluding carboxylic acids is 1. The van der Waals surface area contributed by atoms with E-state index in [0.29, 0.717) is 12.8 Å². The van der Waals surface area contributed by atoms with Crippen molar-refractivity contribution in [2.24, 2.45) is 5.41 Å². The predicted octanol–water partition coefficient (Wildman–Crippen LogP) is 6.15. The molecular formula is C25H21FO2. The summed E-state index contributed by atoms with van der Waals surface area (Å²) in [6.45, 7) is 4.20. The second-order valence-electron chi connectivity index (χ2n) is 8.57. The molecule has 2 nitrogen and oxygen atoms in total. The minimum absolute atomic E-state index is 0.124. The summed E-state index contributed by atoms with van der Waals surface area (Å²) in [5.41, 5.74) is 2.48. The summed E-state index contributed by atoms with van der Waals surface area (Å²) in [5.74, 6) is 1.20. The first kappa shape index (κ1) is 17.2. The average Bonchev–Trinajstić information content (AvgIpc) is 2.66. The van der Waals surface area contributed by atoms with E-state index in [-0.39, 0.29) is 22.9 Å². The molecule has 3 heteroatoms. The van der Waals surface area contributed by atoms with E-state index in [1.165, 1.54) is 12.1 Å². The molecule has 0 saturated carbocycles. The van der Waals surface area contributed by atoms with Crippen LogP contribution in [0.25, 0.3) is 10.8 Å². The number of ketones is 1. The monoisotopic (exact) mass is 372 g/mol. The van der Waals surface area contributed by atoms with Crippen LogP contribution in [0.1, 0.15) is 43.7 Å². The summed E-state index contributed by atoms with van der Waals surface area (Å²) in [6.07, 6.45) is 1.21. The molecule has 140 valence electrons. The zero-order chi connectivity index (χ0) is 19.5. The standard InChI is InChI=1S/C25H21FO2/c1-25(2)13-20(27)23-21(14-25)28-24-18-6-4-3-5-15(18)9-12-19(24)22(23)16-7-10-17(26)11-8-16/h3-12,22H,13-14H2,1-2H3. The van der Waals surface area contributed by atoms with E-state index in [9.17, 15) is 9.18 Å². The van der Waals surface area contributed by atoms with Crippen molar-refractivity contribution in [3.05, 3.63) is 88.9 Å². The number of benzene rings is 3. The van der Waals surface area contributed by atoms with E-state index in [1.54, 1.807) is 12.1 Å². The van der Waals surface area contributed by atoms with Gasteiger partial charge in [0.2, 0.25) is 0 Å². The van der Waals surface area contributed by atoms with Crippen molar-refractivity contribution in [2.45, 2.75) is 32.6 Å². The second-order valence-corrected chi connectivity index (χ2v) is 8.57. The van der Waals surface area contributed by atoms with Crippen molar-refractivity contribution in [1.82, 2.24) is 0 Å². The van der Waals surface area contributed by atoms with Gasteiger partial charge in [-0.3, -0.25) is 4.79 Å². The molecule has 0 saturated heterocycles. The highest BCUT2D eigenvalue weighted by atomic mass is 19.1. The molecule has 0 amide bonds. The van der Waals surface area contributed by atoms with E-state index in [0.717, 1.165) is 39.0 Å². The van der Waals surface area contributed by atoms with Crippen LogP contribution in [-0.4, -0.2) is 5.78 Å². The number of hydrogen-bond acceptors (Lipinski definition) is 2. The Hall–Kier alpha value is -2.94. The quantitative estimate of drug-likeness (QED) is 0.512. The van der Waals surface area contributed by atoms with Crippen LogP contribution in [0, 0.1) is 11.2 Å². The fraction of sp³-hybridized carbons (Fsp3) is 0.240. The summed E-state index contributed by atoms with van der Waals surface area (Å²) < 4.78 is 20.0. The molecule has 3 aromatic carbocycles. The normalized spacial score (nSPS) is 20.5. The number of carbonyl (C=O) groups is 1. The molecule has 1 atom stereocenters. The largest absolute Gasteiger partial charge is 0.460 e. The van der Waals surface area contributed by atoms with Gasteiger partial charge in [0, 0.05) is 35.3 Å². The van der Waals surface area contributed by atoms with Crippen LogP contribution < -0.4 is 4.74 Å². The van der Waals surface area contributed by atoms with E-state index < -0.39 is 0 Å². The lowest BCUT2D eigenvalue weighted by Crippen LogP contribution is -2.32. The van der Waals surface area contributed by atoms with Gasteiger partial charge in [-0.15, -0.1) is 0 Å². The van der Waals surface area contributed by atoms with Gasteiger partial charge in [0.1, 0.15) is 17.3 Å². The molecule has 5 rings (SSSR count). The van der Waals surface area contributed by atoms with Crippen LogP contribution in [0.2, 0.25) is 0 Å². The van der Waals surface area contributed by atoms with Gasteiger partial charge in [0.05, 0.1) is 0 Å². The zero-order valence-electron chi connectivity index (χ0n) is 16.0. The molecule has 0 bridgehead atoms. The SMILES string of the molecule is CC1(C)CC(=O)C2=C(C1)Oc1c(ccc3ccccc13)C2c1ccc(F)cc1. The summed E-state index contributed by atoms with van der Waals surface area (Å²) in [6, 6.07) is 18.7. The molecule has 0 fully saturated rings. The van der Waals surface area contributed by atoms with Gasteiger partial charge >= 0.3 is 0 Å². The number of hydrogen-bond donors (Lipinski definition) is 0. The van der Waals surface area contributed by atoms with Crippen LogP contribution >= 0.6 is 0 Å². The molecule has 1 heterocycles. The van der Waals surface area contributed by atoms with Gasteiger partial charge in [0.15, 0.2) is 5.78 Å². The van der Waals surface area contributed by atoms with Crippen molar-refractivity contribution in [2.75, 3.05) is 0 Å². The lowest BCUT2D eigenvalue weighted by atomic mass is 9.70. The van der Waals surface area contributed by atoms with Crippen molar-refractivity contribution in [1.29, 1.82) is 0 Å².